The van der Waals surface area contributed by atoms with Gasteiger partial charge in [0.1, 0.15) is 28.8 Å². The molecular weight excluding hydrogens is 525 g/mol. The SMILES string of the molecule is COc1cccc(OC)c1-n1c(CS(=O)(=O)[C@H](C)[C@@H](O)c2ccc(C#N)cc2F)nnc1-c1cncc(C)c1. The van der Waals surface area contributed by atoms with E-state index < -0.39 is 32.8 Å². The van der Waals surface area contributed by atoms with Gasteiger partial charge in [0.15, 0.2) is 21.5 Å². The molecule has 0 amide bonds. The van der Waals surface area contributed by atoms with Gasteiger partial charge in [0, 0.05) is 23.5 Å². The molecule has 0 unspecified atom stereocenters. The van der Waals surface area contributed by atoms with Crippen LogP contribution >= 0.6 is 0 Å². The van der Waals surface area contributed by atoms with E-state index in [2.05, 4.69) is 15.2 Å². The van der Waals surface area contributed by atoms with Gasteiger partial charge in [-0.1, -0.05) is 12.1 Å². The highest BCUT2D eigenvalue weighted by Gasteiger charge is 2.34. The van der Waals surface area contributed by atoms with E-state index in [1.54, 1.807) is 36.7 Å². The van der Waals surface area contributed by atoms with Gasteiger partial charge in [-0.2, -0.15) is 5.26 Å². The van der Waals surface area contributed by atoms with E-state index in [9.17, 15) is 17.9 Å². The number of benzene rings is 2. The number of aliphatic hydroxyl groups excluding tert-OH is 1. The van der Waals surface area contributed by atoms with Gasteiger partial charge in [-0.25, -0.2) is 12.8 Å². The smallest absolute Gasteiger partial charge is 0.170 e. The van der Waals surface area contributed by atoms with Crippen molar-refractivity contribution < 1.29 is 27.4 Å². The van der Waals surface area contributed by atoms with E-state index in [1.807, 2.05) is 13.0 Å². The van der Waals surface area contributed by atoms with Crippen LogP contribution in [0.2, 0.25) is 0 Å². The summed E-state index contributed by atoms with van der Waals surface area (Å²) in [5, 5.41) is 26.8. The topological polar surface area (TPSA) is 140 Å². The van der Waals surface area contributed by atoms with Gasteiger partial charge in [-0.15, -0.1) is 10.2 Å². The Morgan fingerprint density at radius 2 is 1.79 bits per heavy atom. The maximum Gasteiger partial charge on any atom is 0.170 e. The summed E-state index contributed by atoms with van der Waals surface area (Å²) in [5.41, 5.74) is 1.62. The molecule has 39 heavy (non-hydrogen) atoms. The van der Waals surface area contributed by atoms with Crippen LogP contribution in [0.25, 0.3) is 17.1 Å². The molecule has 0 bridgehead atoms. The fraction of sp³-hybridized carbons (Fsp3) is 0.259. The second-order valence-corrected chi connectivity index (χ2v) is 11.2. The number of methoxy groups -OCH3 is 2. The van der Waals surface area contributed by atoms with Crippen molar-refractivity contribution in [2.45, 2.75) is 31.0 Å². The lowest BCUT2D eigenvalue weighted by Gasteiger charge is -2.21. The molecule has 12 heteroatoms. The molecule has 0 saturated heterocycles. The van der Waals surface area contributed by atoms with Crippen molar-refractivity contribution in [3.05, 3.63) is 83.2 Å². The van der Waals surface area contributed by atoms with Crippen LogP contribution in [0.5, 0.6) is 11.5 Å². The Morgan fingerprint density at radius 3 is 2.38 bits per heavy atom. The summed E-state index contributed by atoms with van der Waals surface area (Å²) in [6, 6.07) is 12.2. The number of halogens is 1. The fourth-order valence-corrected chi connectivity index (χ4v) is 5.51. The molecule has 202 valence electrons. The van der Waals surface area contributed by atoms with Crippen molar-refractivity contribution in [1.29, 1.82) is 5.26 Å². The molecule has 4 aromatic rings. The summed E-state index contributed by atoms with van der Waals surface area (Å²) in [7, 11) is -1.20. The number of nitrogens with zero attached hydrogens (tertiary/aromatic N) is 5. The number of hydrogen-bond donors (Lipinski definition) is 1. The Bertz CT molecular complexity index is 1640. The Labute approximate surface area is 225 Å². The third-order valence-electron chi connectivity index (χ3n) is 6.28. The molecule has 2 heterocycles. The molecule has 2 atom stereocenters. The number of para-hydroxylation sites is 1. The zero-order valence-electron chi connectivity index (χ0n) is 21.7. The number of sulfone groups is 1. The zero-order valence-corrected chi connectivity index (χ0v) is 22.5. The lowest BCUT2D eigenvalue weighted by Crippen LogP contribution is -2.28. The normalized spacial score (nSPS) is 12.9. The number of rotatable bonds is 9. The molecule has 2 aromatic heterocycles. The van der Waals surface area contributed by atoms with E-state index >= 15 is 0 Å². The van der Waals surface area contributed by atoms with E-state index in [-0.39, 0.29) is 17.0 Å². The number of hydrogen-bond acceptors (Lipinski definition) is 9. The first-order valence-corrected chi connectivity index (χ1v) is 13.5. The van der Waals surface area contributed by atoms with Crippen LogP contribution in [0, 0.1) is 24.1 Å². The van der Waals surface area contributed by atoms with E-state index in [0.29, 0.717) is 28.6 Å². The summed E-state index contributed by atoms with van der Waals surface area (Å²) in [6.45, 7) is 3.14. The van der Waals surface area contributed by atoms with Crippen LogP contribution in [0.4, 0.5) is 4.39 Å². The molecule has 0 aliphatic heterocycles. The van der Waals surface area contributed by atoms with Crippen molar-refractivity contribution in [3.63, 3.8) is 0 Å². The lowest BCUT2D eigenvalue weighted by molar-refractivity contribution is 0.171. The highest BCUT2D eigenvalue weighted by molar-refractivity contribution is 7.91. The number of aryl methyl sites for hydroxylation is 1. The van der Waals surface area contributed by atoms with Gasteiger partial charge < -0.3 is 14.6 Å². The Hall–Kier alpha value is -4.34. The molecule has 10 nitrogen and oxygen atoms in total. The Morgan fingerprint density at radius 1 is 1.10 bits per heavy atom. The van der Waals surface area contributed by atoms with E-state index in [4.69, 9.17) is 14.7 Å². The first-order valence-electron chi connectivity index (χ1n) is 11.8. The van der Waals surface area contributed by atoms with Gasteiger partial charge in [0.05, 0.1) is 37.2 Å². The second-order valence-electron chi connectivity index (χ2n) is 8.84. The summed E-state index contributed by atoms with van der Waals surface area (Å²) < 4.78 is 54.3. The van der Waals surface area contributed by atoms with Gasteiger partial charge >= 0.3 is 0 Å². The fourth-order valence-electron chi connectivity index (χ4n) is 4.16. The summed E-state index contributed by atoms with van der Waals surface area (Å²) in [5.74, 6) is -0.444. The Kier molecular flexibility index (Phi) is 7.94. The first-order chi connectivity index (χ1) is 18.6. The molecular formula is C27H26FN5O5S. The van der Waals surface area contributed by atoms with E-state index in [1.165, 1.54) is 37.8 Å². The molecule has 0 saturated carbocycles. The molecule has 0 fully saturated rings. The van der Waals surface area contributed by atoms with Gasteiger partial charge in [0.25, 0.3) is 0 Å². The number of pyridine rings is 1. The first kappa shape index (κ1) is 27.7. The standard InChI is InChI=1S/C27H26FN5O5S/c1-16-10-19(14-30-13-16)27-32-31-24(33(27)25-22(37-3)6-5-7-23(25)38-4)15-39(35,36)17(2)26(34)20-9-8-18(12-29)11-21(20)28/h5-11,13-14,17,26,34H,15H2,1-4H3/t17-,26-/m1/s1. The quantitative estimate of drug-likeness (QED) is 0.330. The maximum atomic E-state index is 14.6. The van der Waals surface area contributed by atoms with Gasteiger partial charge in [-0.05, 0) is 49.7 Å². The van der Waals surface area contributed by atoms with E-state index in [0.717, 1.165) is 11.6 Å². The van der Waals surface area contributed by atoms with Crippen molar-refractivity contribution in [2.75, 3.05) is 14.2 Å². The van der Waals surface area contributed by atoms with Crippen LogP contribution in [0.15, 0.2) is 54.9 Å². The highest BCUT2D eigenvalue weighted by atomic mass is 32.2. The predicted molar refractivity (Wildman–Crippen MR) is 141 cm³/mol. The zero-order chi connectivity index (χ0) is 28.3. The van der Waals surface area contributed by atoms with Gasteiger partial charge in [-0.3, -0.25) is 9.55 Å². The average molecular weight is 552 g/mol. The van der Waals surface area contributed by atoms with Crippen molar-refractivity contribution in [2.24, 2.45) is 0 Å². The van der Waals surface area contributed by atoms with Gasteiger partial charge in [0.2, 0.25) is 0 Å². The third kappa shape index (κ3) is 5.45. The average Bonchev–Trinajstić information content (AvgIpc) is 3.33. The molecule has 0 aliphatic rings. The summed E-state index contributed by atoms with van der Waals surface area (Å²) in [4.78, 5) is 4.22. The minimum absolute atomic E-state index is 0.0219. The maximum absolute atomic E-state index is 14.6. The largest absolute Gasteiger partial charge is 0.494 e. The number of aliphatic hydroxyl groups is 1. The van der Waals surface area contributed by atoms with Crippen molar-refractivity contribution in [3.8, 4) is 34.6 Å². The molecule has 1 N–H and O–H groups in total. The van der Waals surface area contributed by atoms with Crippen LogP contribution in [0.1, 0.15) is 35.5 Å². The highest BCUT2D eigenvalue weighted by Crippen LogP contribution is 2.37. The van der Waals surface area contributed by atoms with Crippen LogP contribution in [-0.4, -0.2) is 52.7 Å². The van der Waals surface area contributed by atoms with Crippen molar-refractivity contribution >= 4 is 9.84 Å². The van der Waals surface area contributed by atoms with Crippen LogP contribution < -0.4 is 9.47 Å². The third-order valence-corrected chi connectivity index (χ3v) is 8.33. The lowest BCUT2D eigenvalue weighted by atomic mass is 10.0. The minimum atomic E-state index is -4.14. The molecule has 2 aromatic carbocycles. The summed E-state index contributed by atoms with van der Waals surface area (Å²) >= 11 is 0. The van der Waals surface area contributed by atoms with Crippen LogP contribution in [-0.2, 0) is 15.6 Å². The number of aromatic nitrogens is 4. The van der Waals surface area contributed by atoms with Crippen LogP contribution in [0.3, 0.4) is 0 Å². The second kappa shape index (κ2) is 11.2. The molecule has 0 aliphatic carbocycles. The predicted octanol–water partition coefficient (Wildman–Crippen LogP) is 3.70. The number of nitriles is 1. The van der Waals surface area contributed by atoms with Crippen molar-refractivity contribution in [1.82, 2.24) is 19.7 Å². The molecule has 4 rings (SSSR count). The molecule has 0 radical (unpaired) electrons. The minimum Gasteiger partial charge on any atom is -0.494 e. The number of ether oxygens (including phenoxy) is 2. The molecule has 0 spiro atoms. The summed E-state index contributed by atoms with van der Waals surface area (Å²) in [6.07, 6.45) is 1.55. The monoisotopic (exact) mass is 551 g/mol. The Balaban J connectivity index is 1.83.